The molecule has 0 aromatic carbocycles. The molecule has 0 bridgehead atoms. The number of aliphatic imine (C=N–C) groups is 1. The minimum absolute atomic E-state index is 0.262. The van der Waals surface area contributed by atoms with E-state index < -0.39 is 36.3 Å². The van der Waals surface area contributed by atoms with Crippen LogP contribution in [0.2, 0.25) is 0 Å². The van der Waals surface area contributed by atoms with Crippen molar-refractivity contribution in [3.05, 3.63) is 0 Å². The van der Waals surface area contributed by atoms with Crippen molar-refractivity contribution in [1.82, 2.24) is 0 Å². The van der Waals surface area contributed by atoms with Crippen molar-refractivity contribution < 1.29 is 33.3 Å². The molecule has 0 unspecified atom stereocenters. The minimum Gasteiger partial charge on any atom is -0.466 e. The molecule has 21 heavy (non-hydrogen) atoms. The van der Waals surface area contributed by atoms with Gasteiger partial charge in [0.1, 0.15) is 6.61 Å². The molecule has 0 amide bonds. The number of nitriles is 1. The van der Waals surface area contributed by atoms with Gasteiger partial charge in [-0.1, -0.05) is 0 Å². The van der Waals surface area contributed by atoms with Crippen molar-refractivity contribution in [2.24, 2.45) is 4.99 Å². The zero-order chi connectivity index (χ0) is 16.0. The Morgan fingerprint density at radius 2 is 1.71 bits per heavy atom. The van der Waals surface area contributed by atoms with Crippen molar-refractivity contribution in [3.8, 4) is 6.07 Å². The number of nitrogens with zero attached hydrogens (tertiary/aromatic N) is 2. The van der Waals surface area contributed by atoms with Gasteiger partial charge in [0.15, 0.2) is 18.3 Å². The van der Waals surface area contributed by atoms with E-state index in [9.17, 15) is 14.4 Å². The fourth-order valence-corrected chi connectivity index (χ4v) is 1.63. The van der Waals surface area contributed by atoms with Crippen LogP contribution in [0.1, 0.15) is 20.8 Å². The maximum Gasteiger partial charge on any atom is 0.304 e. The highest BCUT2D eigenvalue weighted by molar-refractivity contribution is 5.91. The molecule has 114 valence electrons. The van der Waals surface area contributed by atoms with Crippen molar-refractivity contribution in [3.63, 3.8) is 0 Å². The van der Waals surface area contributed by atoms with Crippen molar-refractivity contribution >= 4 is 23.8 Å². The summed E-state index contributed by atoms with van der Waals surface area (Å²) in [6, 6.07) is 1.65. The van der Waals surface area contributed by atoms with Gasteiger partial charge in [-0.2, -0.15) is 10.3 Å². The van der Waals surface area contributed by atoms with Crippen LogP contribution >= 0.6 is 0 Å². The molecule has 0 fully saturated rings. The standard InChI is InChI=1S/C12H14N2O7/c1-6(15)19-9-5-18-10(4-13)14-12(21-8(3)17)11(9)20-7(2)16/h9,11-12H,5H2,1-3H3/t9-,11-,12+/m1/s1. The molecule has 1 heterocycles. The lowest BCUT2D eigenvalue weighted by atomic mass is 10.2. The van der Waals surface area contributed by atoms with Gasteiger partial charge < -0.3 is 18.9 Å². The molecule has 0 aromatic rings. The quantitative estimate of drug-likeness (QED) is 0.513. The van der Waals surface area contributed by atoms with Gasteiger partial charge in [0, 0.05) is 20.8 Å². The van der Waals surface area contributed by atoms with E-state index >= 15 is 0 Å². The fraction of sp³-hybridized carbons (Fsp3) is 0.583. The maximum atomic E-state index is 11.2. The largest absolute Gasteiger partial charge is 0.466 e. The zero-order valence-electron chi connectivity index (χ0n) is 11.7. The predicted octanol–water partition coefficient (Wildman–Crippen LogP) is -0.309. The van der Waals surface area contributed by atoms with E-state index in [-0.39, 0.29) is 12.5 Å². The van der Waals surface area contributed by atoms with E-state index in [2.05, 4.69) is 4.99 Å². The minimum atomic E-state index is -1.34. The van der Waals surface area contributed by atoms with E-state index in [4.69, 9.17) is 24.2 Å². The number of hydrogen-bond acceptors (Lipinski definition) is 9. The van der Waals surface area contributed by atoms with E-state index in [1.54, 1.807) is 6.07 Å². The van der Waals surface area contributed by atoms with Crippen LogP contribution in [-0.2, 0) is 33.3 Å². The summed E-state index contributed by atoms with van der Waals surface area (Å²) >= 11 is 0. The van der Waals surface area contributed by atoms with Crippen molar-refractivity contribution in [2.75, 3.05) is 6.61 Å². The monoisotopic (exact) mass is 298 g/mol. The van der Waals surface area contributed by atoms with E-state index in [1.807, 2.05) is 0 Å². The third kappa shape index (κ3) is 5.10. The first-order valence-electron chi connectivity index (χ1n) is 5.95. The summed E-state index contributed by atoms with van der Waals surface area (Å²) in [4.78, 5) is 37.2. The van der Waals surface area contributed by atoms with Gasteiger partial charge in [0.2, 0.25) is 6.23 Å². The molecule has 0 radical (unpaired) electrons. The molecule has 9 nitrogen and oxygen atoms in total. The molecule has 0 saturated carbocycles. The van der Waals surface area contributed by atoms with Crippen LogP contribution in [0.3, 0.4) is 0 Å². The van der Waals surface area contributed by atoms with Crippen LogP contribution in [0.25, 0.3) is 0 Å². The summed E-state index contributed by atoms with van der Waals surface area (Å²) in [7, 11) is 0. The Balaban J connectivity index is 3.11. The first-order valence-corrected chi connectivity index (χ1v) is 5.95. The van der Waals surface area contributed by atoms with Crippen LogP contribution < -0.4 is 0 Å². The van der Waals surface area contributed by atoms with Crippen LogP contribution in [0.4, 0.5) is 0 Å². The first-order chi connectivity index (χ1) is 9.83. The Bertz CT molecular complexity index is 508. The van der Waals surface area contributed by atoms with Gasteiger partial charge in [0.25, 0.3) is 5.90 Å². The van der Waals surface area contributed by atoms with Gasteiger partial charge >= 0.3 is 17.9 Å². The number of ether oxygens (including phenoxy) is 4. The lowest BCUT2D eigenvalue weighted by Crippen LogP contribution is -2.45. The molecule has 9 heteroatoms. The lowest BCUT2D eigenvalue weighted by molar-refractivity contribution is -0.183. The number of hydrogen-bond donors (Lipinski definition) is 0. The van der Waals surface area contributed by atoms with E-state index in [0.717, 1.165) is 20.8 Å². The van der Waals surface area contributed by atoms with Crippen LogP contribution in [-0.4, -0.2) is 48.8 Å². The van der Waals surface area contributed by atoms with Crippen LogP contribution in [0.15, 0.2) is 4.99 Å². The summed E-state index contributed by atoms with van der Waals surface area (Å²) < 4.78 is 19.9. The Labute approximate surface area is 120 Å². The number of rotatable bonds is 3. The molecule has 0 aliphatic carbocycles. The molecule has 3 atom stereocenters. The molecular formula is C12H14N2O7. The summed E-state index contributed by atoms with van der Waals surface area (Å²) in [6.07, 6.45) is -3.61. The highest BCUT2D eigenvalue weighted by atomic mass is 16.6. The molecule has 1 rings (SSSR count). The van der Waals surface area contributed by atoms with Gasteiger partial charge in [0.05, 0.1) is 0 Å². The molecule has 0 saturated heterocycles. The molecule has 0 N–H and O–H groups in total. The van der Waals surface area contributed by atoms with Crippen molar-refractivity contribution in [1.29, 1.82) is 5.26 Å². The second-order valence-corrected chi connectivity index (χ2v) is 4.08. The maximum absolute atomic E-state index is 11.2. The predicted molar refractivity (Wildman–Crippen MR) is 65.7 cm³/mol. The summed E-state index contributed by atoms with van der Waals surface area (Å²) in [6.45, 7) is 3.15. The van der Waals surface area contributed by atoms with Crippen LogP contribution in [0, 0.1) is 11.3 Å². The smallest absolute Gasteiger partial charge is 0.304 e. The van der Waals surface area contributed by atoms with Gasteiger partial charge in [-0.05, 0) is 0 Å². The Morgan fingerprint density at radius 3 is 2.19 bits per heavy atom. The second-order valence-electron chi connectivity index (χ2n) is 4.08. The second kappa shape index (κ2) is 7.23. The average molecular weight is 298 g/mol. The summed E-state index contributed by atoms with van der Waals surface area (Å²) in [5.41, 5.74) is 0. The zero-order valence-corrected chi connectivity index (χ0v) is 11.7. The van der Waals surface area contributed by atoms with E-state index in [0.29, 0.717) is 0 Å². The summed E-state index contributed by atoms with van der Waals surface area (Å²) in [5.74, 6) is -2.41. The Hall–Kier alpha value is -2.63. The Morgan fingerprint density at radius 1 is 1.14 bits per heavy atom. The molecule has 0 aromatic heterocycles. The highest BCUT2D eigenvalue weighted by Gasteiger charge is 2.40. The highest BCUT2D eigenvalue weighted by Crippen LogP contribution is 2.19. The Kier molecular flexibility index (Phi) is 5.66. The molecular weight excluding hydrogens is 284 g/mol. The van der Waals surface area contributed by atoms with E-state index in [1.165, 1.54) is 0 Å². The van der Waals surface area contributed by atoms with Gasteiger partial charge in [-0.25, -0.2) is 0 Å². The topological polar surface area (TPSA) is 124 Å². The molecule has 1 aliphatic heterocycles. The molecule has 0 spiro atoms. The summed E-state index contributed by atoms with van der Waals surface area (Å²) in [5, 5.41) is 8.84. The first kappa shape index (κ1) is 16.4. The van der Waals surface area contributed by atoms with Gasteiger partial charge in [-0.3, -0.25) is 14.4 Å². The van der Waals surface area contributed by atoms with Gasteiger partial charge in [-0.15, -0.1) is 0 Å². The third-order valence-corrected chi connectivity index (χ3v) is 2.28. The average Bonchev–Trinajstić information content (AvgIpc) is 2.50. The van der Waals surface area contributed by atoms with Crippen LogP contribution in [0.5, 0.6) is 0 Å². The lowest BCUT2D eigenvalue weighted by Gasteiger charge is -2.27. The normalized spacial score (nSPS) is 24.5. The number of carbonyl (C=O) groups excluding carboxylic acids is 3. The SMILES string of the molecule is CC(=O)O[C@@H]1[C@H](OC(C)=O)COC(C#N)=N[C@H]1OC(C)=O. The number of esters is 3. The fourth-order valence-electron chi connectivity index (χ4n) is 1.63. The van der Waals surface area contributed by atoms with Crippen molar-refractivity contribution in [2.45, 2.75) is 39.2 Å². The molecule has 1 aliphatic rings. The third-order valence-electron chi connectivity index (χ3n) is 2.28. The number of carbonyl (C=O) groups is 3.